The molecule has 0 radical (unpaired) electrons. The summed E-state index contributed by atoms with van der Waals surface area (Å²) in [6.45, 7) is 3.93. The molecule has 1 aromatic carbocycles. The first-order chi connectivity index (χ1) is 13.4. The van der Waals surface area contributed by atoms with E-state index in [4.69, 9.17) is 4.74 Å². The Kier molecular flexibility index (Phi) is 3.75. The standard InChI is InChI=1S/C22H28N2O4/c1-3-24-9-8-20-13-21(18(25)12-19(26)23-21)6-7-22(20,27)17(24)10-14-4-5-15(28-2)11-16(14)20/h4-5,11,17,27H,3,6-10,12-13H2,1-2H3,(H,23,26)/t17-,20-,21+,22-/m1/s1. The van der Waals surface area contributed by atoms with Gasteiger partial charge in [-0.3, -0.25) is 14.5 Å². The van der Waals surface area contributed by atoms with Crippen molar-refractivity contribution < 1.29 is 19.4 Å². The highest BCUT2D eigenvalue weighted by molar-refractivity contribution is 6.10. The number of Topliss-reactive ketones (excluding diaryl/α,β-unsaturated/α-hetero) is 1. The molecule has 2 saturated heterocycles. The fraction of sp³-hybridized carbons (Fsp3) is 0.636. The van der Waals surface area contributed by atoms with Crippen LogP contribution in [0.25, 0.3) is 0 Å². The average molecular weight is 384 g/mol. The number of hydrogen-bond donors (Lipinski definition) is 2. The Morgan fingerprint density at radius 1 is 1.29 bits per heavy atom. The smallest absolute Gasteiger partial charge is 0.228 e. The maximum Gasteiger partial charge on any atom is 0.228 e. The maximum atomic E-state index is 12.9. The van der Waals surface area contributed by atoms with Gasteiger partial charge in [-0.2, -0.15) is 0 Å². The molecule has 4 atom stereocenters. The Bertz CT molecular complexity index is 870. The van der Waals surface area contributed by atoms with Gasteiger partial charge in [0, 0.05) is 11.5 Å². The minimum atomic E-state index is -0.903. The lowest BCUT2D eigenvalue weighted by atomic mass is 9.46. The van der Waals surface area contributed by atoms with Gasteiger partial charge in [-0.25, -0.2) is 0 Å². The van der Waals surface area contributed by atoms with E-state index in [0.29, 0.717) is 19.3 Å². The van der Waals surface area contributed by atoms with Gasteiger partial charge in [-0.1, -0.05) is 13.0 Å². The summed E-state index contributed by atoms with van der Waals surface area (Å²) in [6, 6.07) is 6.18. The van der Waals surface area contributed by atoms with Gasteiger partial charge in [0.1, 0.15) is 11.3 Å². The number of nitrogens with zero attached hydrogens (tertiary/aromatic N) is 1. The largest absolute Gasteiger partial charge is 0.497 e. The summed E-state index contributed by atoms with van der Waals surface area (Å²) in [5, 5.41) is 15.2. The van der Waals surface area contributed by atoms with Gasteiger partial charge in [0.25, 0.3) is 0 Å². The van der Waals surface area contributed by atoms with E-state index < -0.39 is 16.6 Å². The number of carbonyl (C=O) groups is 2. The summed E-state index contributed by atoms with van der Waals surface area (Å²) < 4.78 is 5.50. The number of piperidine rings is 1. The first-order valence-corrected chi connectivity index (χ1v) is 10.4. The second kappa shape index (κ2) is 5.80. The van der Waals surface area contributed by atoms with Crippen molar-refractivity contribution in [3.63, 3.8) is 0 Å². The third-order valence-corrected chi connectivity index (χ3v) is 8.07. The van der Waals surface area contributed by atoms with Crippen molar-refractivity contribution in [3.8, 4) is 5.75 Å². The molecule has 5 rings (SSSR count). The molecule has 3 fully saturated rings. The lowest BCUT2D eigenvalue weighted by molar-refractivity contribution is -0.179. The number of hydrogen-bond acceptors (Lipinski definition) is 5. The molecule has 28 heavy (non-hydrogen) atoms. The van der Waals surface area contributed by atoms with E-state index in [1.807, 2.05) is 6.07 Å². The zero-order valence-corrected chi connectivity index (χ0v) is 16.6. The van der Waals surface area contributed by atoms with Crippen molar-refractivity contribution in [1.82, 2.24) is 10.2 Å². The Balaban J connectivity index is 1.70. The Hall–Kier alpha value is -1.92. The van der Waals surface area contributed by atoms with E-state index in [-0.39, 0.29) is 24.2 Å². The first-order valence-electron chi connectivity index (χ1n) is 10.4. The highest BCUT2D eigenvalue weighted by Crippen LogP contribution is 2.61. The molecule has 6 heteroatoms. The minimum Gasteiger partial charge on any atom is -0.497 e. The molecule has 1 amide bonds. The van der Waals surface area contributed by atoms with Crippen LogP contribution in [0.15, 0.2) is 18.2 Å². The Morgan fingerprint density at radius 3 is 2.79 bits per heavy atom. The molecule has 1 spiro atoms. The number of methoxy groups -OCH3 is 1. The number of carbonyl (C=O) groups excluding carboxylic acids is 2. The molecular weight excluding hydrogens is 356 g/mol. The number of nitrogens with one attached hydrogen (secondary N) is 1. The highest BCUT2D eigenvalue weighted by atomic mass is 16.5. The summed E-state index contributed by atoms with van der Waals surface area (Å²) in [7, 11) is 1.65. The van der Waals surface area contributed by atoms with Gasteiger partial charge in [0.2, 0.25) is 5.91 Å². The number of likely N-dealkylation sites (N-methyl/N-ethyl adjacent to an activating group) is 1. The summed E-state index contributed by atoms with van der Waals surface area (Å²) in [5.41, 5.74) is 0.0490. The molecule has 1 saturated carbocycles. The fourth-order valence-electron chi connectivity index (χ4n) is 6.68. The van der Waals surface area contributed by atoms with Crippen LogP contribution < -0.4 is 10.1 Å². The van der Waals surface area contributed by atoms with Crippen molar-refractivity contribution in [3.05, 3.63) is 29.3 Å². The maximum absolute atomic E-state index is 12.9. The number of rotatable bonds is 2. The highest BCUT2D eigenvalue weighted by Gasteiger charge is 2.68. The second-order valence-electron chi connectivity index (χ2n) is 9.03. The average Bonchev–Trinajstić information content (AvgIpc) is 2.95. The molecule has 150 valence electrons. The predicted octanol–water partition coefficient (Wildman–Crippen LogP) is 1.33. The van der Waals surface area contributed by atoms with Crippen LogP contribution in [-0.2, 0) is 21.4 Å². The summed E-state index contributed by atoms with van der Waals surface area (Å²) in [5.74, 6) is 0.572. The molecule has 1 aromatic rings. The van der Waals surface area contributed by atoms with Crippen LogP contribution in [0.5, 0.6) is 5.75 Å². The van der Waals surface area contributed by atoms with Crippen molar-refractivity contribution in [2.24, 2.45) is 0 Å². The SMILES string of the molecule is CCN1CC[C@]23C[C@]4(CC[C@@]2(O)[C@H]1Cc1ccc(OC)cc13)NC(=O)CC4=O. The van der Waals surface area contributed by atoms with E-state index in [1.54, 1.807) is 7.11 Å². The fourth-order valence-corrected chi connectivity index (χ4v) is 6.68. The van der Waals surface area contributed by atoms with Crippen molar-refractivity contribution in [2.75, 3.05) is 20.2 Å². The van der Waals surface area contributed by atoms with E-state index in [0.717, 1.165) is 37.2 Å². The van der Waals surface area contributed by atoms with Crippen LogP contribution in [0.1, 0.15) is 50.2 Å². The second-order valence-corrected chi connectivity index (χ2v) is 9.03. The molecular formula is C22H28N2O4. The number of ether oxygens (including phenoxy) is 1. The third kappa shape index (κ3) is 2.10. The normalized spacial score (nSPS) is 39.5. The van der Waals surface area contributed by atoms with E-state index >= 15 is 0 Å². The van der Waals surface area contributed by atoms with E-state index in [2.05, 4.69) is 29.3 Å². The molecule has 6 nitrogen and oxygen atoms in total. The van der Waals surface area contributed by atoms with Crippen LogP contribution in [-0.4, -0.2) is 59.1 Å². The number of aliphatic hydroxyl groups is 1. The molecule has 2 aliphatic heterocycles. The monoisotopic (exact) mass is 384 g/mol. The van der Waals surface area contributed by atoms with Crippen LogP contribution in [0.4, 0.5) is 0 Å². The van der Waals surface area contributed by atoms with Crippen LogP contribution in [0, 0.1) is 0 Å². The van der Waals surface area contributed by atoms with Crippen LogP contribution in [0.2, 0.25) is 0 Å². The quantitative estimate of drug-likeness (QED) is 0.752. The van der Waals surface area contributed by atoms with Gasteiger partial charge >= 0.3 is 0 Å². The number of likely N-dealkylation sites (tertiary alicyclic amines) is 1. The lowest BCUT2D eigenvalue weighted by Gasteiger charge is -2.66. The lowest BCUT2D eigenvalue weighted by Crippen LogP contribution is -2.76. The van der Waals surface area contributed by atoms with Crippen molar-refractivity contribution >= 4 is 11.7 Å². The molecule has 2 heterocycles. The van der Waals surface area contributed by atoms with Crippen LogP contribution in [0.3, 0.4) is 0 Å². The Labute approximate surface area is 165 Å². The molecule has 2 aliphatic carbocycles. The molecule has 2 N–H and O–H groups in total. The van der Waals surface area contributed by atoms with E-state index in [1.165, 1.54) is 5.56 Å². The van der Waals surface area contributed by atoms with Gasteiger partial charge in [-0.05, 0) is 68.5 Å². The summed E-state index contributed by atoms with van der Waals surface area (Å²) in [6.07, 6.45) is 3.07. The van der Waals surface area contributed by atoms with Gasteiger partial charge in [0.05, 0.1) is 19.1 Å². The first kappa shape index (κ1) is 18.1. The van der Waals surface area contributed by atoms with Crippen molar-refractivity contribution in [2.45, 2.75) is 68.0 Å². The number of benzene rings is 1. The third-order valence-electron chi connectivity index (χ3n) is 8.07. The molecule has 2 bridgehead atoms. The minimum absolute atomic E-state index is 0.0154. The van der Waals surface area contributed by atoms with E-state index in [9.17, 15) is 14.7 Å². The zero-order valence-electron chi connectivity index (χ0n) is 16.6. The summed E-state index contributed by atoms with van der Waals surface area (Å²) in [4.78, 5) is 27.3. The number of ketones is 1. The number of amides is 1. The van der Waals surface area contributed by atoms with Crippen LogP contribution >= 0.6 is 0 Å². The van der Waals surface area contributed by atoms with Gasteiger partial charge in [0.15, 0.2) is 5.78 Å². The van der Waals surface area contributed by atoms with Gasteiger partial charge < -0.3 is 15.2 Å². The molecule has 4 aliphatic rings. The zero-order chi connectivity index (χ0) is 19.7. The topological polar surface area (TPSA) is 78.9 Å². The van der Waals surface area contributed by atoms with Crippen molar-refractivity contribution in [1.29, 1.82) is 0 Å². The molecule has 0 aromatic heterocycles. The van der Waals surface area contributed by atoms with Gasteiger partial charge in [-0.15, -0.1) is 0 Å². The number of fused-ring (bicyclic) bond motifs is 1. The predicted molar refractivity (Wildman–Crippen MR) is 103 cm³/mol. The Morgan fingerprint density at radius 2 is 2.11 bits per heavy atom. The molecule has 0 unspecified atom stereocenters. The summed E-state index contributed by atoms with van der Waals surface area (Å²) >= 11 is 0.